The summed E-state index contributed by atoms with van der Waals surface area (Å²) in [5, 5.41) is 2.15. The Bertz CT molecular complexity index is 534. The fourth-order valence-electron chi connectivity index (χ4n) is 1.49. The second-order valence-corrected chi connectivity index (χ2v) is 3.76. The van der Waals surface area contributed by atoms with Gasteiger partial charge >= 0.3 is 0 Å². The van der Waals surface area contributed by atoms with Gasteiger partial charge in [-0.2, -0.15) is 0 Å². The fourth-order valence-corrected chi connectivity index (χ4v) is 1.49. The van der Waals surface area contributed by atoms with Crippen molar-refractivity contribution in [3.8, 4) is 0 Å². The van der Waals surface area contributed by atoms with Crippen molar-refractivity contribution in [3.05, 3.63) is 34.4 Å². The first-order chi connectivity index (χ1) is 9.45. The SMILES string of the molecule is COCCCNC(=O)c1c(F)c(F)c(F)c(F)c1C=O. The number of nitrogens with one attached hydrogen (secondary N) is 1. The van der Waals surface area contributed by atoms with E-state index in [1.54, 1.807) is 0 Å². The summed E-state index contributed by atoms with van der Waals surface area (Å²) in [4.78, 5) is 22.3. The number of rotatable bonds is 6. The minimum Gasteiger partial charge on any atom is -0.385 e. The Morgan fingerprint density at radius 2 is 1.75 bits per heavy atom. The molecule has 0 aliphatic rings. The summed E-state index contributed by atoms with van der Waals surface area (Å²) < 4.78 is 57.5. The Balaban J connectivity index is 3.10. The van der Waals surface area contributed by atoms with Gasteiger partial charge in [0, 0.05) is 20.3 Å². The van der Waals surface area contributed by atoms with Gasteiger partial charge in [-0.05, 0) is 6.42 Å². The van der Waals surface area contributed by atoms with Gasteiger partial charge in [-0.15, -0.1) is 0 Å². The topological polar surface area (TPSA) is 55.4 Å². The lowest BCUT2D eigenvalue weighted by Gasteiger charge is -2.10. The number of carbonyl (C=O) groups excluding carboxylic acids is 2. The van der Waals surface area contributed by atoms with Crippen LogP contribution in [-0.4, -0.2) is 32.5 Å². The second-order valence-electron chi connectivity index (χ2n) is 3.76. The molecule has 0 bridgehead atoms. The Labute approximate surface area is 111 Å². The predicted octanol–water partition coefficient (Wildman–Crippen LogP) is 1.82. The molecule has 1 aromatic rings. The second kappa shape index (κ2) is 6.99. The normalized spacial score (nSPS) is 10.4. The fraction of sp³-hybridized carbons (Fsp3) is 0.333. The first kappa shape index (κ1) is 16.1. The van der Waals surface area contributed by atoms with Crippen LogP contribution in [0.3, 0.4) is 0 Å². The smallest absolute Gasteiger partial charge is 0.255 e. The van der Waals surface area contributed by atoms with Crippen molar-refractivity contribution in [1.82, 2.24) is 5.32 Å². The molecule has 8 heteroatoms. The number of carbonyl (C=O) groups is 2. The number of hydrogen-bond acceptors (Lipinski definition) is 3. The van der Waals surface area contributed by atoms with Crippen molar-refractivity contribution in [2.75, 3.05) is 20.3 Å². The lowest BCUT2D eigenvalue weighted by Crippen LogP contribution is -2.28. The number of aldehydes is 1. The highest BCUT2D eigenvalue weighted by Gasteiger charge is 2.28. The van der Waals surface area contributed by atoms with E-state index in [1.165, 1.54) is 7.11 Å². The molecule has 20 heavy (non-hydrogen) atoms. The number of halogens is 4. The molecular weight excluding hydrogens is 282 g/mol. The third-order valence-corrected chi connectivity index (χ3v) is 2.46. The standard InChI is InChI=1S/C12H11F4NO3/c1-20-4-2-3-17-12(19)7-6(5-18)8(13)10(15)11(16)9(7)14/h5H,2-4H2,1H3,(H,17,19). The van der Waals surface area contributed by atoms with E-state index in [2.05, 4.69) is 5.32 Å². The molecule has 0 radical (unpaired) electrons. The quantitative estimate of drug-likeness (QED) is 0.286. The van der Waals surface area contributed by atoms with Gasteiger partial charge in [0.1, 0.15) is 0 Å². The molecule has 1 aromatic carbocycles. The van der Waals surface area contributed by atoms with Gasteiger partial charge in [-0.1, -0.05) is 0 Å². The van der Waals surface area contributed by atoms with Crippen molar-refractivity contribution >= 4 is 12.2 Å². The highest BCUT2D eigenvalue weighted by molar-refractivity contribution is 6.01. The third kappa shape index (κ3) is 3.13. The summed E-state index contributed by atoms with van der Waals surface area (Å²) in [6.07, 6.45) is 0.122. The molecular formula is C12H11F4NO3. The lowest BCUT2D eigenvalue weighted by molar-refractivity contribution is 0.0936. The molecule has 0 aliphatic heterocycles. The van der Waals surface area contributed by atoms with Gasteiger partial charge in [-0.3, -0.25) is 9.59 Å². The molecule has 0 saturated carbocycles. The highest BCUT2D eigenvalue weighted by atomic mass is 19.2. The Morgan fingerprint density at radius 1 is 1.15 bits per heavy atom. The molecule has 0 fully saturated rings. The lowest BCUT2D eigenvalue weighted by atomic mass is 10.1. The molecule has 0 unspecified atom stereocenters. The molecule has 0 spiro atoms. The summed E-state index contributed by atoms with van der Waals surface area (Å²) in [5.41, 5.74) is -2.32. The van der Waals surface area contributed by atoms with E-state index in [0.29, 0.717) is 13.0 Å². The summed E-state index contributed by atoms with van der Waals surface area (Å²) >= 11 is 0. The average molecular weight is 293 g/mol. The molecule has 0 heterocycles. The predicted molar refractivity (Wildman–Crippen MR) is 60.5 cm³/mol. The van der Waals surface area contributed by atoms with E-state index in [9.17, 15) is 27.2 Å². The summed E-state index contributed by atoms with van der Waals surface area (Å²) in [6, 6.07) is 0. The van der Waals surface area contributed by atoms with Crippen LogP contribution < -0.4 is 5.32 Å². The number of benzene rings is 1. The molecule has 1 N–H and O–H groups in total. The van der Waals surface area contributed by atoms with E-state index < -0.39 is 40.3 Å². The molecule has 4 nitrogen and oxygen atoms in total. The van der Waals surface area contributed by atoms with E-state index in [-0.39, 0.29) is 12.8 Å². The van der Waals surface area contributed by atoms with Crippen LogP contribution in [0.5, 0.6) is 0 Å². The molecule has 110 valence electrons. The maximum absolute atomic E-state index is 13.5. The van der Waals surface area contributed by atoms with E-state index in [4.69, 9.17) is 4.74 Å². The van der Waals surface area contributed by atoms with Crippen molar-refractivity contribution in [2.24, 2.45) is 0 Å². The van der Waals surface area contributed by atoms with Gasteiger partial charge in [0.05, 0.1) is 11.1 Å². The van der Waals surface area contributed by atoms with Gasteiger partial charge in [-0.25, -0.2) is 17.6 Å². The van der Waals surface area contributed by atoms with E-state index in [1.807, 2.05) is 0 Å². The van der Waals surface area contributed by atoms with Crippen LogP contribution in [0.4, 0.5) is 17.6 Å². The highest BCUT2D eigenvalue weighted by Crippen LogP contribution is 2.23. The van der Waals surface area contributed by atoms with Crippen LogP contribution in [-0.2, 0) is 4.74 Å². The molecule has 0 aromatic heterocycles. The van der Waals surface area contributed by atoms with Crippen LogP contribution in [0.15, 0.2) is 0 Å². The first-order valence-corrected chi connectivity index (χ1v) is 5.53. The maximum atomic E-state index is 13.5. The van der Waals surface area contributed by atoms with Gasteiger partial charge in [0.15, 0.2) is 29.6 Å². The average Bonchev–Trinajstić information content (AvgIpc) is 2.44. The molecule has 0 atom stereocenters. The van der Waals surface area contributed by atoms with Gasteiger partial charge in [0.25, 0.3) is 5.91 Å². The molecule has 1 amide bonds. The van der Waals surface area contributed by atoms with Crippen LogP contribution in [0.25, 0.3) is 0 Å². The van der Waals surface area contributed by atoms with Gasteiger partial charge in [0.2, 0.25) is 0 Å². The minimum atomic E-state index is -2.14. The van der Waals surface area contributed by atoms with Crippen molar-refractivity contribution < 1.29 is 31.9 Å². The summed E-state index contributed by atoms with van der Waals surface area (Å²) in [5.74, 6) is -9.30. The monoisotopic (exact) mass is 293 g/mol. The molecule has 1 rings (SSSR count). The van der Waals surface area contributed by atoms with E-state index in [0.717, 1.165) is 0 Å². The first-order valence-electron chi connectivity index (χ1n) is 5.53. The minimum absolute atomic E-state index is 0.0328. The van der Waals surface area contributed by atoms with Crippen molar-refractivity contribution in [3.63, 3.8) is 0 Å². The summed E-state index contributed by atoms with van der Waals surface area (Å²) in [7, 11) is 1.43. The zero-order valence-electron chi connectivity index (χ0n) is 10.4. The van der Waals surface area contributed by atoms with Crippen molar-refractivity contribution in [2.45, 2.75) is 6.42 Å². The van der Waals surface area contributed by atoms with Crippen LogP contribution in [0.1, 0.15) is 27.1 Å². The number of methoxy groups -OCH3 is 1. The van der Waals surface area contributed by atoms with Gasteiger partial charge < -0.3 is 10.1 Å². The van der Waals surface area contributed by atoms with E-state index >= 15 is 0 Å². The molecule has 0 aliphatic carbocycles. The maximum Gasteiger partial charge on any atom is 0.255 e. The van der Waals surface area contributed by atoms with Crippen molar-refractivity contribution in [1.29, 1.82) is 0 Å². The Kier molecular flexibility index (Phi) is 5.63. The summed E-state index contributed by atoms with van der Waals surface area (Å²) in [6.45, 7) is 0.334. The van der Waals surface area contributed by atoms with Crippen LogP contribution >= 0.6 is 0 Å². The number of hydrogen-bond donors (Lipinski definition) is 1. The number of ether oxygens (including phenoxy) is 1. The third-order valence-electron chi connectivity index (χ3n) is 2.46. The Hall–Kier alpha value is -1.96. The Morgan fingerprint density at radius 3 is 2.30 bits per heavy atom. The van der Waals surface area contributed by atoms with Crippen LogP contribution in [0.2, 0.25) is 0 Å². The molecule has 0 saturated heterocycles. The van der Waals surface area contributed by atoms with Crippen LogP contribution in [0, 0.1) is 23.3 Å². The zero-order chi connectivity index (χ0) is 15.3. The number of amides is 1. The zero-order valence-corrected chi connectivity index (χ0v) is 10.4. The largest absolute Gasteiger partial charge is 0.385 e.